The third-order valence-corrected chi connectivity index (χ3v) is 6.79. The van der Waals surface area contributed by atoms with Gasteiger partial charge in [0.2, 0.25) is 5.91 Å². The maximum atomic E-state index is 12.8. The molecule has 0 radical (unpaired) electrons. The van der Waals surface area contributed by atoms with Gasteiger partial charge in [0.15, 0.2) is 0 Å². The quantitative estimate of drug-likeness (QED) is 0.797. The monoisotopic (exact) mass is 373 g/mol. The van der Waals surface area contributed by atoms with Crippen LogP contribution in [-0.4, -0.2) is 72.4 Å². The smallest absolute Gasteiger partial charge is 0.236 e. The molecule has 27 heavy (non-hydrogen) atoms. The minimum absolute atomic E-state index is 0.0897. The molecule has 0 aromatic heterocycles. The van der Waals surface area contributed by atoms with Crippen molar-refractivity contribution in [2.24, 2.45) is 11.1 Å². The summed E-state index contributed by atoms with van der Waals surface area (Å²) in [7, 11) is 0. The third kappa shape index (κ3) is 3.63. The number of hydrogen-bond donors (Lipinski definition) is 2. The molecule has 2 heterocycles. The van der Waals surface area contributed by atoms with Gasteiger partial charge in [0.1, 0.15) is 0 Å². The van der Waals surface area contributed by atoms with E-state index in [9.17, 15) is 9.90 Å². The van der Waals surface area contributed by atoms with Gasteiger partial charge in [-0.1, -0.05) is 24.3 Å². The van der Waals surface area contributed by atoms with Gasteiger partial charge in [0.25, 0.3) is 0 Å². The Morgan fingerprint density at radius 3 is 2.67 bits per heavy atom. The Morgan fingerprint density at radius 1 is 1.22 bits per heavy atom. The first-order valence-electron chi connectivity index (χ1n) is 10.2. The standard InChI is InChI=1S/C21H31N3O3/c22-8-12-27-19-13-18(25)21(19)6-10-24(11-7-21)20(26)15-23-9-5-16-3-1-2-4-17(16)14-23/h1-4,18-19,25H,5-15,22H2/t18-,19+/m0/s1. The van der Waals surface area contributed by atoms with E-state index in [1.165, 1.54) is 11.1 Å². The molecule has 1 amide bonds. The number of piperidine rings is 1. The normalized spacial score (nSPS) is 27.3. The van der Waals surface area contributed by atoms with E-state index in [1.54, 1.807) is 0 Å². The van der Waals surface area contributed by atoms with Crippen LogP contribution in [-0.2, 0) is 22.5 Å². The number of carbonyl (C=O) groups excluding carboxylic acids is 1. The molecule has 1 spiro atoms. The minimum Gasteiger partial charge on any atom is -0.392 e. The molecule has 0 unspecified atom stereocenters. The molecule has 4 rings (SSSR count). The maximum absolute atomic E-state index is 12.8. The first-order valence-corrected chi connectivity index (χ1v) is 10.2. The predicted octanol–water partition coefficient (Wildman–Crippen LogP) is 0.762. The van der Waals surface area contributed by atoms with Gasteiger partial charge in [-0.25, -0.2) is 0 Å². The highest BCUT2D eigenvalue weighted by atomic mass is 16.5. The highest BCUT2D eigenvalue weighted by molar-refractivity contribution is 5.78. The van der Waals surface area contributed by atoms with Gasteiger partial charge < -0.3 is 20.5 Å². The van der Waals surface area contributed by atoms with E-state index in [4.69, 9.17) is 10.5 Å². The molecule has 1 saturated carbocycles. The molecule has 1 aromatic carbocycles. The Labute approximate surface area is 161 Å². The lowest BCUT2D eigenvalue weighted by molar-refractivity contribution is -0.210. The minimum atomic E-state index is -0.309. The summed E-state index contributed by atoms with van der Waals surface area (Å²) in [4.78, 5) is 17.0. The number of aliphatic hydroxyl groups is 1. The fourth-order valence-electron chi connectivity index (χ4n) is 4.98. The second kappa shape index (κ2) is 7.87. The first kappa shape index (κ1) is 18.9. The van der Waals surface area contributed by atoms with E-state index in [1.807, 2.05) is 4.90 Å². The number of nitrogens with zero attached hydrogens (tertiary/aromatic N) is 2. The van der Waals surface area contributed by atoms with Crippen LogP contribution in [0, 0.1) is 5.41 Å². The highest BCUT2D eigenvalue weighted by Gasteiger charge is 2.56. The molecule has 6 heteroatoms. The summed E-state index contributed by atoms with van der Waals surface area (Å²) in [6.07, 6.45) is 3.12. The number of rotatable bonds is 5. The van der Waals surface area contributed by atoms with E-state index in [2.05, 4.69) is 29.2 Å². The molecule has 1 saturated heterocycles. The van der Waals surface area contributed by atoms with Crippen LogP contribution in [0.1, 0.15) is 30.4 Å². The Balaban J connectivity index is 1.29. The SMILES string of the molecule is NCCO[C@@H]1C[C@H](O)C12CCN(C(=O)CN1CCc3ccccc3C1)CC2. The molecule has 2 fully saturated rings. The van der Waals surface area contributed by atoms with Gasteiger partial charge >= 0.3 is 0 Å². The Bertz CT molecular complexity index is 672. The van der Waals surface area contributed by atoms with Crippen LogP contribution in [0.4, 0.5) is 0 Å². The van der Waals surface area contributed by atoms with Crippen molar-refractivity contribution in [3.63, 3.8) is 0 Å². The summed E-state index contributed by atoms with van der Waals surface area (Å²) in [5.41, 5.74) is 8.12. The van der Waals surface area contributed by atoms with Gasteiger partial charge in [-0.15, -0.1) is 0 Å². The molecular formula is C21H31N3O3. The Morgan fingerprint density at radius 2 is 1.96 bits per heavy atom. The van der Waals surface area contributed by atoms with Crippen LogP contribution in [0.5, 0.6) is 0 Å². The van der Waals surface area contributed by atoms with Crippen LogP contribution >= 0.6 is 0 Å². The number of nitrogens with two attached hydrogens (primary N) is 1. The largest absolute Gasteiger partial charge is 0.392 e. The van der Waals surface area contributed by atoms with Gasteiger partial charge in [-0.2, -0.15) is 0 Å². The van der Waals surface area contributed by atoms with Gasteiger partial charge in [0, 0.05) is 44.6 Å². The van der Waals surface area contributed by atoms with E-state index in [0.717, 1.165) is 32.4 Å². The fourth-order valence-corrected chi connectivity index (χ4v) is 4.98. The molecule has 148 valence electrons. The van der Waals surface area contributed by atoms with Crippen molar-refractivity contribution in [2.75, 3.05) is 39.3 Å². The van der Waals surface area contributed by atoms with E-state index < -0.39 is 0 Å². The second-order valence-corrected chi connectivity index (χ2v) is 8.24. The number of amides is 1. The Kier molecular flexibility index (Phi) is 5.50. The van der Waals surface area contributed by atoms with Crippen LogP contribution in [0.25, 0.3) is 0 Å². The van der Waals surface area contributed by atoms with Crippen LogP contribution in [0.3, 0.4) is 0 Å². The number of likely N-dealkylation sites (tertiary alicyclic amines) is 1. The molecule has 0 bridgehead atoms. The zero-order valence-corrected chi connectivity index (χ0v) is 16.0. The fraction of sp³-hybridized carbons (Fsp3) is 0.667. The lowest BCUT2D eigenvalue weighted by atomic mass is 9.58. The van der Waals surface area contributed by atoms with Crippen LogP contribution < -0.4 is 5.73 Å². The average Bonchev–Trinajstić information content (AvgIpc) is 2.71. The number of fused-ring (bicyclic) bond motifs is 1. The number of benzene rings is 1. The molecule has 2 atom stereocenters. The molecule has 1 aromatic rings. The molecule has 1 aliphatic carbocycles. The van der Waals surface area contributed by atoms with Gasteiger partial charge in [-0.3, -0.25) is 9.69 Å². The zero-order chi connectivity index (χ0) is 18.9. The summed E-state index contributed by atoms with van der Waals surface area (Å²) < 4.78 is 5.84. The summed E-state index contributed by atoms with van der Waals surface area (Å²) in [6, 6.07) is 8.51. The number of carbonyl (C=O) groups is 1. The summed E-state index contributed by atoms with van der Waals surface area (Å²) >= 11 is 0. The van der Waals surface area contributed by atoms with E-state index >= 15 is 0 Å². The van der Waals surface area contributed by atoms with Crippen molar-refractivity contribution in [3.05, 3.63) is 35.4 Å². The first-order chi connectivity index (χ1) is 13.1. The van der Waals surface area contributed by atoms with Gasteiger partial charge in [0.05, 0.1) is 25.4 Å². The molecular weight excluding hydrogens is 342 g/mol. The van der Waals surface area contributed by atoms with Crippen LogP contribution in [0.15, 0.2) is 24.3 Å². The average molecular weight is 373 g/mol. The summed E-state index contributed by atoms with van der Waals surface area (Å²) in [5, 5.41) is 10.3. The zero-order valence-electron chi connectivity index (χ0n) is 16.0. The molecule has 2 aliphatic heterocycles. The van der Waals surface area contributed by atoms with Crippen LogP contribution in [0.2, 0.25) is 0 Å². The number of ether oxygens (including phenoxy) is 1. The number of hydrogen-bond acceptors (Lipinski definition) is 5. The van der Waals surface area contributed by atoms with Crippen molar-refractivity contribution >= 4 is 5.91 Å². The molecule has 3 N–H and O–H groups in total. The maximum Gasteiger partial charge on any atom is 0.236 e. The predicted molar refractivity (Wildman–Crippen MR) is 103 cm³/mol. The van der Waals surface area contributed by atoms with Crippen molar-refractivity contribution in [1.82, 2.24) is 9.80 Å². The number of aliphatic hydroxyl groups excluding tert-OH is 1. The van der Waals surface area contributed by atoms with Crippen molar-refractivity contribution in [2.45, 2.75) is 44.4 Å². The van der Waals surface area contributed by atoms with E-state index in [0.29, 0.717) is 39.2 Å². The van der Waals surface area contributed by atoms with Crippen molar-refractivity contribution < 1.29 is 14.6 Å². The molecule has 6 nitrogen and oxygen atoms in total. The van der Waals surface area contributed by atoms with Gasteiger partial charge in [-0.05, 0) is 30.4 Å². The summed E-state index contributed by atoms with van der Waals surface area (Å²) in [5.74, 6) is 0.206. The lowest BCUT2D eigenvalue weighted by Gasteiger charge is -2.56. The second-order valence-electron chi connectivity index (χ2n) is 8.24. The topological polar surface area (TPSA) is 79.0 Å². The van der Waals surface area contributed by atoms with Crippen molar-refractivity contribution in [3.8, 4) is 0 Å². The van der Waals surface area contributed by atoms with Crippen molar-refractivity contribution in [1.29, 1.82) is 0 Å². The highest BCUT2D eigenvalue weighted by Crippen LogP contribution is 2.50. The Hall–Kier alpha value is -1.47. The summed E-state index contributed by atoms with van der Waals surface area (Å²) in [6.45, 7) is 4.74. The third-order valence-electron chi connectivity index (χ3n) is 6.79. The lowest BCUT2D eigenvalue weighted by Crippen LogP contribution is -2.63. The molecule has 3 aliphatic rings. The van der Waals surface area contributed by atoms with E-state index in [-0.39, 0.29) is 23.5 Å².